The van der Waals surface area contributed by atoms with E-state index in [0.717, 1.165) is 25.7 Å². The van der Waals surface area contributed by atoms with Crippen LogP contribution in [-0.2, 0) is 0 Å². The summed E-state index contributed by atoms with van der Waals surface area (Å²) in [6.07, 6.45) is 3.84. The van der Waals surface area contributed by atoms with Crippen molar-refractivity contribution in [2.24, 2.45) is 5.92 Å². The van der Waals surface area contributed by atoms with Crippen molar-refractivity contribution in [3.63, 3.8) is 0 Å². The van der Waals surface area contributed by atoms with Gasteiger partial charge in [0, 0.05) is 6.54 Å². The van der Waals surface area contributed by atoms with Gasteiger partial charge in [0.1, 0.15) is 5.82 Å². The standard InChI is InChI=1S/C17H21ClN4O2/c1-11-20-16(21-22(11)14-9-5-4-8-13(14)18)17(24)19-10-15(23)12-6-2-3-7-12/h4-5,8-9,12,15,23H,2-3,6-7,10H2,1H3,(H,19,24). The van der Waals surface area contributed by atoms with Crippen LogP contribution in [0.15, 0.2) is 24.3 Å². The van der Waals surface area contributed by atoms with Crippen molar-refractivity contribution in [3.05, 3.63) is 40.9 Å². The number of nitrogens with zero attached hydrogens (tertiary/aromatic N) is 3. The van der Waals surface area contributed by atoms with E-state index in [-0.39, 0.29) is 24.2 Å². The molecule has 1 atom stereocenters. The summed E-state index contributed by atoms with van der Waals surface area (Å²) >= 11 is 6.17. The van der Waals surface area contributed by atoms with Crippen molar-refractivity contribution in [1.82, 2.24) is 20.1 Å². The minimum Gasteiger partial charge on any atom is -0.391 e. The van der Waals surface area contributed by atoms with Crippen LogP contribution in [-0.4, -0.2) is 38.4 Å². The molecule has 1 unspecified atom stereocenters. The van der Waals surface area contributed by atoms with Crippen LogP contribution in [0.3, 0.4) is 0 Å². The average molecular weight is 349 g/mol. The first-order valence-electron chi connectivity index (χ1n) is 8.21. The molecule has 0 saturated heterocycles. The second kappa shape index (κ2) is 7.32. The maximum Gasteiger partial charge on any atom is 0.291 e. The van der Waals surface area contributed by atoms with E-state index in [4.69, 9.17) is 11.6 Å². The topological polar surface area (TPSA) is 80.0 Å². The number of rotatable bonds is 5. The first-order chi connectivity index (χ1) is 11.6. The summed E-state index contributed by atoms with van der Waals surface area (Å²) in [5, 5.41) is 17.6. The number of benzene rings is 1. The SMILES string of the molecule is Cc1nc(C(=O)NCC(O)C2CCCC2)nn1-c1ccccc1Cl. The van der Waals surface area contributed by atoms with Crippen LogP contribution in [0.4, 0.5) is 0 Å². The molecule has 6 nitrogen and oxygen atoms in total. The van der Waals surface area contributed by atoms with Crippen LogP contribution in [0.25, 0.3) is 5.69 Å². The van der Waals surface area contributed by atoms with Crippen molar-refractivity contribution in [1.29, 1.82) is 0 Å². The fraction of sp³-hybridized carbons (Fsp3) is 0.471. The molecule has 24 heavy (non-hydrogen) atoms. The molecule has 1 aromatic heterocycles. The van der Waals surface area contributed by atoms with E-state index in [0.29, 0.717) is 16.5 Å². The molecule has 0 bridgehead atoms. The van der Waals surface area contributed by atoms with Gasteiger partial charge >= 0.3 is 0 Å². The second-order valence-electron chi connectivity index (χ2n) is 6.17. The van der Waals surface area contributed by atoms with E-state index in [2.05, 4.69) is 15.4 Å². The summed E-state index contributed by atoms with van der Waals surface area (Å²) in [6.45, 7) is 1.99. The molecule has 1 aromatic carbocycles. The predicted octanol–water partition coefficient (Wildman–Crippen LogP) is 2.51. The van der Waals surface area contributed by atoms with E-state index >= 15 is 0 Å². The Kier molecular flexibility index (Phi) is 5.16. The van der Waals surface area contributed by atoms with Crippen LogP contribution < -0.4 is 5.32 Å². The van der Waals surface area contributed by atoms with E-state index in [1.807, 2.05) is 18.2 Å². The van der Waals surface area contributed by atoms with Crippen molar-refractivity contribution in [2.45, 2.75) is 38.7 Å². The molecule has 0 aliphatic heterocycles. The maximum absolute atomic E-state index is 12.3. The van der Waals surface area contributed by atoms with Gasteiger partial charge in [-0.15, -0.1) is 5.10 Å². The summed E-state index contributed by atoms with van der Waals surface area (Å²) < 4.78 is 1.55. The van der Waals surface area contributed by atoms with Gasteiger partial charge < -0.3 is 10.4 Å². The van der Waals surface area contributed by atoms with Crippen LogP contribution >= 0.6 is 11.6 Å². The van der Waals surface area contributed by atoms with E-state index < -0.39 is 6.10 Å². The third-order valence-electron chi connectivity index (χ3n) is 4.47. The van der Waals surface area contributed by atoms with Crippen LogP contribution in [0.2, 0.25) is 5.02 Å². The first-order valence-corrected chi connectivity index (χ1v) is 8.59. The van der Waals surface area contributed by atoms with Gasteiger partial charge in [0.15, 0.2) is 0 Å². The fourth-order valence-corrected chi connectivity index (χ4v) is 3.34. The van der Waals surface area contributed by atoms with E-state index in [9.17, 15) is 9.90 Å². The lowest BCUT2D eigenvalue weighted by Gasteiger charge is -2.17. The Bertz CT molecular complexity index is 725. The largest absolute Gasteiger partial charge is 0.391 e. The molecule has 7 heteroatoms. The number of para-hydroxylation sites is 1. The Labute approximate surface area is 145 Å². The van der Waals surface area contributed by atoms with Crippen molar-refractivity contribution in [2.75, 3.05) is 6.54 Å². The molecular weight excluding hydrogens is 328 g/mol. The predicted molar refractivity (Wildman–Crippen MR) is 91.4 cm³/mol. The number of aliphatic hydroxyl groups is 1. The average Bonchev–Trinajstić information content (AvgIpc) is 3.23. The van der Waals surface area contributed by atoms with Crippen molar-refractivity contribution < 1.29 is 9.90 Å². The number of nitrogens with one attached hydrogen (secondary N) is 1. The summed E-state index contributed by atoms with van der Waals surface area (Å²) in [4.78, 5) is 16.5. The number of carbonyl (C=O) groups is 1. The van der Waals surface area contributed by atoms with Gasteiger partial charge in [-0.3, -0.25) is 4.79 Å². The monoisotopic (exact) mass is 348 g/mol. The zero-order valence-corrected chi connectivity index (χ0v) is 14.3. The zero-order valence-electron chi connectivity index (χ0n) is 13.6. The normalized spacial score (nSPS) is 16.3. The quantitative estimate of drug-likeness (QED) is 0.870. The molecule has 1 saturated carbocycles. The molecule has 3 rings (SSSR count). The number of aliphatic hydroxyl groups excluding tert-OH is 1. The molecule has 128 valence electrons. The molecule has 2 N–H and O–H groups in total. The van der Waals surface area contributed by atoms with Crippen molar-refractivity contribution in [3.8, 4) is 5.69 Å². The molecule has 0 spiro atoms. The Morgan fingerprint density at radius 1 is 1.42 bits per heavy atom. The molecule has 1 amide bonds. The summed E-state index contributed by atoms with van der Waals surface area (Å²) in [5.74, 6) is 0.539. The number of hydrogen-bond donors (Lipinski definition) is 2. The minimum atomic E-state index is -0.511. The zero-order chi connectivity index (χ0) is 17.1. The Balaban J connectivity index is 1.68. The lowest BCUT2D eigenvalue weighted by atomic mass is 10.0. The Hall–Kier alpha value is -1.92. The smallest absolute Gasteiger partial charge is 0.291 e. The van der Waals surface area contributed by atoms with Crippen LogP contribution in [0.1, 0.15) is 42.1 Å². The van der Waals surface area contributed by atoms with E-state index in [1.165, 1.54) is 0 Å². The highest BCUT2D eigenvalue weighted by Crippen LogP contribution is 2.27. The lowest BCUT2D eigenvalue weighted by Crippen LogP contribution is -2.36. The highest BCUT2D eigenvalue weighted by molar-refractivity contribution is 6.32. The molecule has 1 heterocycles. The van der Waals surface area contributed by atoms with Crippen LogP contribution in [0.5, 0.6) is 0 Å². The molecule has 1 aliphatic rings. The van der Waals surface area contributed by atoms with Gasteiger partial charge in [-0.05, 0) is 37.8 Å². The third-order valence-corrected chi connectivity index (χ3v) is 4.79. The van der Waals surface area contributed by atoms with E-state index in [1.54, 1.807) is 17.7 Å². The number of aromatic nitrogens is 3. The maximum atomic E-state index is 12.3. The summed E-state index contributed by atoms with van der Waals surface area (Å²) in [7, 11) is 0. The van der Waals surface area contributed by atoms with Crippen molar-refractivity contribution >= 4 is 17.5 Å². The van der Waals surface area contributed by atoms with Crippen LogP contribution in [0, 0.1) is 12.8 Å². The number of aryl methyl sites for hydroxylation is 1. The highest BCUT2D eigenvalue weighted by Gasteiger charge is 2.24. The van der Waals surface area contributed by atoms with Gasteiger partial charge in [-0.25, -0.2) is 9.67 Å². The Morgan fingerprint density at radius 2 is 2.12 bits per heavy atom. The fourth-order valence-electron chi connectivity index (χ4n) is 3.12. The molecule has 1 fully saturated rings. The Morgan fingerprint density at radius 3 is 2.83 bits per heavy atom. The van der Waals surface area contributed by atoms with Gasteiger partial charge in [-0.1, -0.05) is 36.6 Å². The minimum absolute atomic E-state index is 0.0750. The lowest BCUT2D eigenvalue weighted by molar-refractivity contribution is 0.0832. The van der Waals surface area contributed by atoms with Gasteiger partial charge in [0.25, 0.3) is 5.91 Å². The molecule has 0 radical (unpaired) electrons. The summed E-state index contributed by atoms with van der Waals surface area (Å²) in [5.41, 5.74) is 0.675. The molecule has 1 aliphatic carbocycles. The summed E-state index contributed by atoms with van der Waals surface area (Å²) in [6, 6.07) is 7.25. The number of halogens is 1. The highest BCUT2D eigenvalue weighted by atomic mass is 35.5. The third kappa shape index (κ3) is 3.60. The number of carbonyl (C=O) groups excluding carboxylic acids is 1. The van der Waals surface area contributed by atoms with Gasteiger partial charge in [-0.2, -0.15) is 0 Å². The second-order valence-corrected chi connectivity index (χ2v) is 6.57. The first kappa shape index (κ1) is 16.9. The molecular formula is C17H21ClN4O2. The number of amides is 1. The van der Waals surface area contributed by atoms with Gasteiger partial charge in [0.05, 0.1) is 16.8 Å². The molecule has 2 aromatic rings. The van der Waals surface area contributed by atoms with Gasteiger partial charge in [0.2, 0.25) is 5.82 Å². The number of hydrogen-bond acceptors (Lipinski definition) is 4.